The van der Waals surface area contributed by atoms with Gasteiger partial charge in [-0.15, -0.1) is 0 Å². The van der Waals surface area contributed by atoms with Gasteiger partial charge >= 0.3 is 0 Å². The van der Waals surface area contributed by atoms with Gasteiger partial charge in [0.15, 0.2) is 0 Å². The summed E-state index contributed by atoms with van der Waals surface area (Å²) in [7, 11) is 2.08. The van der Waals surface area contributed by atoms with Crippen LogP contribution in [0.2, 0.25) is 0 Å². The maximum absolute atomic E-state index is 11.3. The van der Waals surface area contributed by atoms with Crippen molar-refractivity contribution in [3.05, 3.63) is 0 Å². The minimum absolute atomic E-state index is 0.189. The highest BCUT2D eigenvalue weighted by Crippen LogP contribution is 2.30. The Balaban J connectivity index is 2.73. The van der Waals surface area contributed by atoms with Crippen molar-refractivity contribution in [2.75, 3.05) is 13.6 Å². The summed E-state index contributed by atoms with van der Waals surface area (Å²) in [5.74, 6) is -0.189. The molecular weight excluding hydrogens is 164 g/mol. The zero-order chi connectivity index (χ0) is 10.1. The molecule has 1 aliphatic rings. The summed E-state index contributed by atoms with van der Waals surface area (Å²) in [6.45, 7) is 4.98. The topological polar surface area (TPSA) is 46.3 Å². The van der Waals surface area contributed by atoms with Gasteiger partial charge in [0.05, 0.1) is 5.41 Å². The van der Waals surface area contributed by atoms with Crippen LogP contribution in [0, 0.1) is 5.41 Å². The van der Waals surface area contributed by atoms with Crippen molar-refractivity contribution in [2.24, 2.45) is 11.1 Å². The molecule has 1 aliphatic heterocycles. The lowest BCUT2D eigenvalue weighted by Gasteiger charge is -2.41. The van der Waals surface area contributed by atoms with Crippen molar-refractivity contribution >= 4 is 5.91 Å². The minimum atomic E-state index is -0.394. The molecule has 1 unspecified atom stereocenters. The second kappa shape index (κ2) is 3.66. The van der Waals surface area contributed by atoms with Crippen LogP contribution in [0.25, 0.3) is 0 Å². The normalized spacial score (nSPS) is 25.9. The Hall–Kier alpha value is -0.570. The molecule has 0 aromatic rings. The highest BCUT2D eigenvalue weighted by atomic mass is 16.1. The number of piperidine rings is 1. The highest BCUT2D eigenvalue weighted by molar-refractivity contribution is 5.80. The third-order valence-corrected chi connectivity index (χ3v) is 3.24. The van der Waals surface area contributed by atoms with E-state index < -0.39 is 5.41 Å². The fourth-order valence-corrected chi connectivity index (χ4v) is 2.15. The molecule has 0 aliphatic carbocycles. The molecule has 1 heterocycles. The zero-order valence-corrected chi connectivity index (χ0v) is 8.84. The standard InChI is InChI=1S/C10H20N2O/c1-10(2,9(11)13)8-6-4-5-7-12(8)3/h8H,4-7H2,1-3H3,(H2,11,13). The molecule has 0 spiro atoms. The Labute approximate surface area is 80.3 Å². The van der Waals surface area contributed by atoms with Crippen LogP contribution >= 0.6 is 0 Å². The van der Waals surface area contributed by atoms with Crippen molar-refractivity contribution in [2.45, 2.75) is 39.2 Å². The second-order valence-electron chi connectivity index (χ2n) is 4.58. The average molecular weight is 184 g/mol. The van der Waals surface area contributed by atoms with E-state index in [0.717, 1.165) is 13.0 Å². The van der Waals surface area contributed by atoms with Crippen LogP contribution in [-0.4, -0.2) is 30.4 Å². The van der Waals surface area contributed by atoms with E-state index >= 15 is 0 Å². The number of nitrogens with zero attached hydrogens (tertiary/aromatic N) is 1. The summed E-state index contributed by atoms with van der Waals surface area (Å²) in [4.78, 5) is 13.5. The maximum atomic E-state index is 11.3. The summed E-state index contributed by atoms with van der Waals surface area (Å²) in [5.41, 5.74) is 5.00. The monoisotopic (exact) mass is 184 g/mol. The van der Waals surface area contributed by atoms with Crippen LogP contribution in [0.5, 0.6) is 0 Å². The number of carbonyl (C=O) groups is 1. The fraction of sp³-hybridized carbons (Fsp3) is 0.900. The van der Waals surface area contributed by atoms with E-state index in [1.807, 2.05) is 13.8 Å². The first-order valence-electron chi connectivity index (χ1n) is 4.96. The molecule has 0 radical (unpaired) electrons. The molecule has 0 aromatic carbocycles. The van der Waals surface area contributed by atoms with Crippen LogP contribution in [-0.2, 0) is 4.79 Å². The zero-order valence-electron chi connectivity index (χ0n) is 8.84. The molecule has 2 N–H and O–H groups in total. The third kappa shape index (κ3) is 2.02. The van der Waals surface area contributed by atoms with Gasteiger partial charge in [0.1, 0.15) is 0 Å². The molecule has 0 saturated carbocycles. The van der Waals surface area contributed by atoms with Crippen LogP contribution in [0.3, 0.4) is 0 Å². The van der Waals surface area contributed by atoms with Gasteiger partial charge in [0.25, 0.3) is 0 Å². The van der Waals surface area contributed by atoms with Crippen molar-refractivity contribution in [1.82, 2.24) is 4.90 Å². The van der Waals surface area contributed by atoms with Gasteiger partial charge < -0.3 is 10.6 Å². The molecule has 1 saturated heterocycles. The fourth-order valence-electron chi connectivity index (χ4n) is 2.15. The first kappa shape index (κ1) is 10.5. The number of amides is 1. The Morgan fingerprint density at radius 3 is 2.54 bits per heavy atom. The summed E-state index contributed by atoms with van der Waals surface area (Å²) < 4.78 is 0. The van der Waals surface area contributed by atoms with Gasteiger partial charge in [-0.3, -0.25) is 4.79 Å². The molecule has 3 heteroatoms. The Morgan fingerprint density at radius 1 is 1.46 bits per heavy atom. The molecule has 76 valence electrons. The Morgan fingerprint density at radius 2 is 2.08 bits per heavy atom. The molecule has 1 fully saturated rings. The lowest BCUT2D eigenvalue weighted by Crippen LogP contribution is -2.51. The number of primary amides is 1. The first-order chi connectivity index (χ1) is 5.96. The van der Waals surface area contributed by atoms with E-state index in [9.17, 15) is 4.79 Å². The van der Waals surface area contributed by atoms with E-state index in [-0.39, 0.29) is 5.91 Å². The number of nitrogens with two attached hydrogens (primary N) is 1. The predicted molar refractivity (Wildman–Crippen MR) is 53.2 cm³/mol. The molecule has 0 aromatic heterocycles. The highest BCUT2D eigenvalue weighted by Gasteiger charge is 2.38. The molecule has 0 bridgehead atoms. The minimum Gasteiger partial charge on any atom is -0.369 e. The number of rotatable bonds is 2. The maximum Gasteiger partial charge on any atom is 0.224 e. The van der Waals surface area contributed by atoms with Crippen molar-refractivity contribution < 1.29 is 4.79 Å². The summed E-state index contributed by atoms with van der Waals surface area (Å²) in [6.07, 6.45) is 3.54. The molecule has 3 nitrogen and oxygen atoms in total. The molecule has 13 heavy (non-hydrogen) atoms. The second-order valence-corrected chi connectivity index (χ2v) is 4.58. The van der Waals surface area contributed by atoms with E-state index in [4.69, 9.17) is 5.73 Å². The van der Waals surface area contributed by atoms with Crippen LogP contribution in [0.1, 0.15) is 33.1 Å². The third-order valence-electron chi connectivity index (χ3n) is 3.24. The van der Waals surface area contributed by atoms with Gasteiger partial charge in [0.2, 0.25) is 5.91 Å². The van der Waals surface area contributed by atoms with Gasteiger partial charge in [-0.1, -0.05) is 6.42 Å². The van der Waals surface area contributed by atoms with Crippen molar-refractivity contribution in [3.63, 3.8) is 0 Å². The van der Waals surface area contributed by atoms with E-state index in [2.05, 4.69) is 11.9 Å². The number of hydrogen-bond acceptors (Lipinski definition) is 2. The smallest absolute Gasteiger partial charge is 0.224 e. The van der Waals surface area contributed by atoms with Gasteiger partial charge in [0, 0.05) is 6.04 Å². The van der Waals surface area contributed by atoms with Gasteiger partial charge in [-0.05, 0) is 40.3 Å². The SMILES string of the molecule is CN1CCCCC1C(C)(C)C(N)=O. The number of likely N-dealkylation sites (tertiary alicyclic amines) is 1. The van der Waals surface area contributed by atoms with Crippen LogP contribution in [0.15, 0.2) is 0 Å². The predicted octanol–water partition coefficient (Wildman–Crippen LogP) is 0.982. The van der Waals surface area contributed by atoms with E-state index in [1.165, 1.54) is 12.8 Å². The molecule has 1 amide bonds. The summed E-state index contributed by atoms with van der Waals surface area (Å²) in [6, 6.07) is 0.318. The summed E-state index contributed by atoms with van der Waals surface area (Å²) in [5, 5.41) is 0. The van der Waals surface area contributed by atoms with E-state index in [1.54, 1.807) is 0 Å². The lowest BCUT2D eigenvalue weighted by atomic mass is 9.78. The Bertz CT molecular complexity index is 201. The lowest BCUT2D eigenvalue weighted by molar-refractivity contribution is -0.130. The largest absolute Gasteiger partial charge is 0.369 e. The molecular formula is C10H20N2O. The average Bonchev–Trinajstić information content (AvgIpc) is 2.04. The van der Waals surface area contributed by atoms with Crippen LogP contribution < -0.4 is 5.73 Å². The quantitative estimate of drug-likeness (QED) is 0.695. The van der Waals surface area contributed by atoms with Crippen molar-refractivity contribution in [3.8, 4) is 0 Å². The van der Waals surface area contributed by atoms with Crippen molar-refractivity contribution in [1.29, 1.82) is 0 Å². The van der Waals surface area contributed by atoms with Crippen LogP contribution in [0.4, 0.5) is 0 Å². The molecule has 1 atom stereocenters. The van der Waals surface area contributed by atoms with E-state index in [0.29, 0.717) is 6.04 Å². The summed E-state index contributed by atoms with van der Waals surface area (Å²) >= 11 is 0. The Kier molecular flexibility index (Phi) is 2.96. The number of hydrogen-bond donors (Lipinski definition) is 1. The van der Waals surface area contributed by atoms with Gasteiger partial charge in [-0.2, -0.15) is 0 Å². The van der Waals surface area contributed by atoms with Gasteiger partial charge in [-0.25, -0.2) is 0 Å². The first-order valence-corrected chi connectivity index (χ1v) is 4.96. The number of carbonyl (C=O) groups excluding carboxylic acids is 1. The molecule has 1 rings (SSSR count).